The molecule has 2 N–H and O–H groups in total. The second-order valence-electron chi connectivity index (χ2n) is 5.97. The summed E-state index contributed by atoms with van der Waals surface area (Å²) in [6.07, 6.45) is 0.197. The van der Waals surface area contributed by atoms with Crippen molar-refractivity contribution in [1.29, 1.82) is 0 Å². The van der Waals surface area contributed by atoms with Crippen LogP contribution >= 0.6 is 0 Å². The van der Waals surface area contributed by atoms with Gasteiger partial charge >= 0.3 is 5.97 Å². The zero-order valence-electron chi connectivity index (χ0n) is 11.9. The molecular weight excluding hydrogens is 242 g/mol. The number of methoxy groups -OCH3 is 1. The van der Waals surface area contributed by atoms with Crippen LogP contribution in [0.4, 0.5) is 0 Å². The molecule has 4 heteroatoms. The predicted octanol–water partition coefficient (Wildman–Crippen LogP) is 2.31. The van der Waals surface area contributed by atoms with E-state index in [9.17, 15) is 4.79 Å². The topological polar surface area (TPSA) is 61.5 Å². The van der Waals surface area contributed by atoms with E-state index < -0.39 is 6.04 Å². The van der Waals surface area contributed by atoms with Crippen LogP contribution < -0.4 is 10.5 Å². The summed E-state index contributed by atoms with van der Waals surface area (Å²) in [6, 6.07) is 5.48. The van der Waals surface area contributed by atoms with Gasteiger partial charge in [0.2, 0.25) is 0 Å². The number of carbonyl (C=O) groups excluding carboxylic acids is 1. The zero-order chi connectivity index (χ0) is 14.2. The van der Waals surface area contributed by atoms with Gasteiger partial charge in [-0.3, -0.25) is 4.79 Å². The molecular formula is C15H21NO3. The minimum absolute atomic E-state index is 0.0335. The van der Waals surface area contributed by atoms with E-state index in [1.54, 1.807) is 7.11 Å². The van der Waals surface area contributed by atoms with E-state index in [0.29, 0.717) is 6.42 Å². The maximum Gasteiger partial charge on any atom is 0.323 e. The normalized spacial score (nSPS) is 23.3. The molecule has 1 aromatic carbocycles. The van der Waals surface area contributed by atoms with Gasteiger partial charge in [-0.2, -0.15) is 0 Å². The minimum Gasteiger partial charge on any atom is -0.496 e. The highest BCUT2D eigenvalue weighted by Crippen LogP contribution is 2.37. The molecule has 0 spiro atoms. The Morgan fingerprint density at radius 2 is 2.05 bits per heavy atom. The summed E-state index contributed by atoms with van der Waals surface area (Å²) in [5, 5.41) is 0. The van der Waals surface area contributed by atoms with Crippen LogP contribution in [0.2, 0.25) is 0 Å². The Bertz CT molecular complexity index is 491. The number of hydrogen-bond donors (Lipinski definition) is 1. The predicted molar refractivity (Wildman–Crippen MR) is 73.1 cm³/mol. The van der Waals surface area contributed by atoms with Crippen LogP contribution in [-0.4, -0.2) is 19.1 Å². The van der Waals surface area contributed by atoms with E-state index in [1.165, 1.54) is 5.56 Å². The number of esters is 1. The molecule has 2 unspecified atom stereocenters. The molecule has 0 amide bonds. The summed E-state index contributed by atoms with van der Waals surface area (Å²) in [6.45, 7) is 6.43. The van der Waals surface area contributed by atoms with Crippen LogP contribution in [0.25, 0.3) is 0 Å². The van der Waals surface area contributed by atoms with Crippen molar-refractivity contribution in [1.82, 2.24) is 0 Å². The van der Waals surface area contributed by atoms with Crippen LogP contribution in [0.5, 0.6) is 5.75 Å². The summed E-state index contributed by atoms with van der Waals surface area (Å²) in [4.78, 5) is 11.5. The average molecular weight is 263 g/mol. The Morgan fingerprint density at radius 1 is 1.37 bits per heavy atom. The molecule has 1 aliphatic rings. The Labute approximate surface area is 113 Å². The molecule has 0 radical (unpaired) electrons. The molecule has 19 heavy (non-hydrogen) atoms. The second-order valence-corrected chi connectivity index (χ2v) is 5.97. The Morgan fingerprint density at radius 3 is 2.53 bits per heavy atom. The van der Waals surface area contributed by atoms with E-state index in [-0.39, 0.29) is 17.5 Å². The molecule has 2 atom stereocenters. The third-order valence-electron chi connectivity index (χ3n) is 3.47. The minimum atomic E-state index is -0.534. The Balaban J connectivity index is 2.40. The van der Waals surface area contributed by atoms with E-state index in [0.717, 1.165) is 11.3 Å². The molecule has 0 bridgehead atoms. The fraction of sp³-hybridized carbons (Fsp3) is 0.533. The molecule has 0 aliphatic carbocycles. The summed E-state index contributed by atoms with van der Waals surface area (Å²) in [5.41, 5.74) is 7.82. The number of benzene rings is 1. The number of hydrogen-bond acceptors (Lipinski definition) is 4. The van der Waals surface area contributed by atoms with Gasteiger partial charge in [-0.05, 0) is 23.1 Å². The lowest BCUT2D eigenvalue weighted by atomic mass is 9.85. The fourth-order valence-electron chi connectivity index (χ4n) is 2.25. The molecule has 2 rings (SSSR count). The number of cyclic esters (lactones) is 1. The highest BCUT2D eigenvalue weighted by molar-refractivity contribution is 5.78. The van der Waals surface area contributed by atoms with Crippen molar-refractivity contribution in [3.63, 3.8) is 0 Å². The first-order chi connectivity index (χ1) is 8.82. The van der Waals surface area contributed by atoms with Gasteiger partial charge in [0.1, 0.15) is 17.9 Å². The maximum atomic E-state index is 11.5. The fourth-order valence-corrected chi connectivity index (χ4v) is 2.25. The highest BCUT2D eigenvalue weighted by Gasteiger charge is 2.34. The standard InChI is InChI=1S/C15H21NO3/c1-15(2,3)9-5-6-12(18-4)10(7-9)13-8-11(16)14(17)19-13/h5-7,11,13H,8,16H2,1-4H3. The monoisotopic (exact) mass is 263 g/mol. The van der Waals surface area contributed by atoms with Gasteiger partial charge in [-0.25, -0.2) is 0 Å². The van der Waals surface area contributed by atoms with Crippen molar-refractivity contribution in [2.24, 2.45) is 5.73 Å². The summed E-state index contributed by atoms with van der Waals surface area (Å²) >= 11 is 0. The van der Waals surface area contributed by atoms with Gasteiger partial charge in [0.25, 0.3) is 0 Å². The van der Waals surface area contributed by atoms with Crippen molar-refractivity contribution in [2.75, 3.05) is 7.11 Å². The molecule has 1 saturated heterocycles. The second kappa shape index (κ2) is 4.85. The van der Waals surface area contributed by atoms with Crippen LogP contribution in [0, 0.1) is 0 Å². The lowest BCUT2D eigenvalue weighted by Crippen LogP contribution is -2.24. The molecule has 0 saturated carbocycles. The number of rotatable bonds is 2. The first-order valence-corrected chi connectivity index (χ1v) is 6.47. The Kier molecular flexibility index (Phi) is 3.54. The largest absolute Gasteiger partial charge is 0.496 e. The van der Waals surface area contributed by atoms with Crippen LogP contribution in [0.3, 0.4) is 0 Å². The van der Waals surface area contributed by atoms with Crippen molar-refractivity contribution in [3.05, 3.63) is 29.3 Å². The molecule has 1 aliphatic heterocycles. The Hall–Kier alpha value is -1.55. The molecule has 1 aromatic rings. The molecule has 104 valence electrons. The number of nitrogens with two attached hydrogens (primary N) is 1. The van der Waals surface area contributed by atoms with Gasteiger partial charge < -0.3 is 15.2 Å². The van der Waals surface area contributed by atoms with E-state index in [2.05, 4.69) is 26.8 Å². The highest BCUT2D eigenvalue weighted by atomic mass is 16.6. The summed E-state index contributed by atoms with van der Waals surface area (Å²) in [5.74, 6) is 0.396. The average Bonchev–Trinajstić information content (AvgIpc) is 2.67. The maximum absolute atomic E-state index is 11.5. The van der Waals surface area contributed by atoms with E-state index >= 15 is 0 Å². The first kappa shape index (κ1) is 13.9. The van der Waals surface area contributed by atoms with Crippen molar-refractivity contribution in [3.8, 4) is 5.75 Å². The van der Waals surface area contributed by atoms with Crippen LogP contribution in [-0.2, 0) is 14.9 Å². The molecule has 0 aromatic heterocycles. The quantitative estimate of drug-likeness (QED) is 0.832. The van der Waals surface area contributed by atoms with Crippen LogP contribution in [0.15, 0.2) is 18.2 Å². The molecule has 1 heterocycles. The van der Waals surface area contributed by atoms with Gasteiger partial charge in [0.15, 0.2) is 0 Å². The zero-order valence-corrected chi connectivity index (χ0v) is 11.9. The SMILES string of the molecule is COc1ccc(C(C)(C)C)cc1C1CC(N)C(=O)O1. The number of carbonyl (C=O) groups is 1. The third kappa shape index (κ3) is 2.73. The van der Waals surface area contributed by atoms with Gasteiger partial charge in [0, 0.05) is 12.0 Å². The summed E-state index contributed by atoms with van der Waals surface area (Å²) in [7, 11) is 1.62. The molecule has 4 nitrogen and oxygen atoms in total. The van der Waals surface area contributed by atoms with Gasteiger partial charge in [-0.15, -0.1) is 0 Å². The third-order valence-corrected chi connectivity index (χ3v) is 3.47. The number of ether oxygens (including phenoxy) is 2. The van der Waals surface area contributed by atoms with Crippen LogP contribution in [0.1, 0.15) is 44.4 Å². The van der Waals surface area contributed by atoms with Crippen molar-refractivity contribution < 1.29 is 14.3 Å². The van der Waals surface area contributed by atoms with E-state index in [1.807, 2.05) is 12.1 Å². The summed E-state index contributed by atoms with van der Waals surface area (Å²) < 4.78 is 10.7. The van der Waals surface area contributed by atoms with E-state index in [4.69, 9.17) is 15.2 Å². The molecule has 1 fully saturated rings. The smallest absolute Gasteiger partial charge is 0.323 e. The first-order valence-electron chi connectivity index (χ1n) is 6.47. The van der Waals surface area contributed by atoms with Crippen molar-refractivity contribution in [2.45, 2.75) is 44.8 Å². The van der Waals surface area contributed by atoms with Crippen molar-refractivity contribution >= 4 is 5.97 Å². The van der Waals surface area contributed by atoms with Gasteiger partial charge in [0.05, 0.1) is 7.11 Å². The lowest BCUT2D eigenvalue weighted by Gasteiger charge is -2.22. The van der Waals surface area contributed by atoms with Gasteiger partial charge in [-0.1, -0.05) is 26.8 Å². The lowest BCUT2D eigenvalue weighted by molar-refractivity contribution is -0.142.